The van der Waals surface area contributed by atoms with Crippen LogP contribution in [0.25, 0.3) is 0 Å². The Morgan fingerprint density at radius 3 is 1.28 bits per heavy atom. The van der Waals surface area contributed by atoms with Crippen molar-refractivity contribution in [2.45, 2.75) is 249 Å². The highest BCUT2D eigenvalue weighted by atomic mass is 31.2. The molecule has 14 heteroatoms. The van der Waals surface area contributed by atoms with Gasteiger partial charge in [-0.05, 0) is 51.4 Å². The van der Waals surface area contributed by atoms with Gasteiger partial charge in [-0.1, -0.05) is 203 Å². The van der Waals surface area contributed by atoms with Gasteiger partial charge in [0.05, 0.1) is 6.61 Å². The van der Waals surface area contributed by atoms with Crippen LogP contribution in [0, 0.1) is 0 Å². The predicted octanol–water partition coefficient (Wildman–Crippen LogP) is 11.3. The van der Waals surface area contributed by atoms with Crippen molar-refractivity contribution in [1.29, 1.82) is 0 Å². The highest BCUT2D eigenvalue weighted by Crippen LogP contribution is 2.47. The molecule has 0 amide bonds. The second kappa shape index (κ2) is 42.4. The molecule has 6 N–H and O–H groups in total. The molecule has 1 saturated carbocycles. The molecule has 1 rings (SSSR count). The molecule has 6 atom stereocenters. The minimum atomic E-state index is -5.14. The highest BCUT2D eigenvalue weighted by molar-refractivity contribution is 7.47. The summed E-state index contributed by atoms with van der Waals surface area (Å²) >= 11 is 0. The van der Waals surface area contributed by atoms with Crippen LogP contribution in [0.3, 0.4) is 0 Å². The van der Waals surface area contributed by atoms with Crippen LogP contribution in [0.2, 0.25) is 0 Å². The Balaban J connectivity index is 2.41. The van der Waals surface area contributed by atoms with Crippen molar-refractivity contribution in [2.24, 2.45) is 0 Å². The largest absolute Gasteiger partial charge is 0.472 e. The molecule has 13 nitrogen and oxygen atoms in total. The van der Waals surface area contributed by atoms with E-state index in [9.17, 15) is 44.6 Å². The lowest BCUT2D eigenvalue weighted by atomic mass is 9.85. The van der Waals surface area contributed by atoms with Crippen LogP contribution in [0.5, 0.6) is 0 Å². The number of unbranched alkanes of at least 4 members (excludes halogenated alkanes) is 21. The van der Waals surface area contributed by atoms with Gasteiger partial charge in [0.25, 0.3) is 0 Å². The highest BCUT2D eigenvalue weighted by Gasteiger charge is 2.51. The van der Waals surface area contributed by atoms with Gasteiger partial charge >= 0.3 is 19.8 Å². The molecule has 0 heterocycles. The van der Waals surface area contributed by atoms with Crippen molar-refractivity contribution in [3.63, 3.8) is 0 Å². The maximum absolute atomic E-state index is 12.8. The summed E-state index contributed by atoms with van der Waals surface area (Å²) in [5.41, 5.74) is 0. The quantitative estimate of drug-likeness (QED) is 0.0146. The Morgan fingerprint density at radius 1 is 0.478 bits per heavy atom. The van der Waals surface area contributed by atoms with Crippen molar-refractivity contribution in [1.82, 2.24) is 0 Å². The first-order valence-corrected chi connectivity index (χ1v) is 27.6. The Bertz CT molecular complexity index is 1400. The fraction of sp³-hybridized carbons (Fsp3) is 0.774. The molecule has 0 aromatic carbocycles. The average molecular weight is 969 g/mol. The first kappa shape index (κ1) is 62.6. The third-order valence-electron chi connectivity index (χ3n) is 11.9. The number of phosphoric acid groups is 1. The molecule has 0 spiro atoms. The molecule has 388 valence electrons. The van der Waals surface area contributed by atoms with Crippen LogP contribution in [-0.2, 0) is 32.7 Å². The Labute approximate surface area is 404 Å². The fourth-order valence-corrected chi connectivity index (χ4v) is 8.71. The molecule has 1 fully saturated rings. The summed E-state index contributed by atoms with van der Waals surface area (Å²) in [5, 5.41) is 50.3. The van der Waals surface area contributed by atoms with Crippen LogP contribution >= 0.6 is 7.82 Å². The molecule has 6 unspecified atom stereocenters. The molecular formula is C53H93O13P. The number of carbonyl (C=O) groups excluding carboxylic acids is 2. The summed E-state index contributed by atoms with van der Waals surface area (Å²) in [6.45, 7) is 3.17. The summed E-state index contributed by atoms with van der Waals surface area (Å²) in [6.07, 6.45) is 40.0. The maximum atomic E-state index is 12.8. The number of rotatable bonds is 43. The van der Waals surface area contributed by atoms with Crippen LogP contribution in [-0.4, -0.2) is 98.3 Å². The molecule has 0 saturated heterocycles. The maximum Gasteiger partial charge on any atom is 0.472 e. The van der Waals surface area contributed by atoms with Crippen LogP contribution in [0.1, 0.15) is 206 Å². The zero-order valence-electron chi connectivity index (χ0n) is 41.4. The van der Waals surface area contributed by atoms with Crippen LogP contribution in [0.15, 0.2) is 60.8 Å². The molecular weight excluding hydrogens is 876 g/mol. The minimum Gasteiger partial charge on any atom is -0.462 e. The molecule has 0 radical (unpaired) electrons. The zero-order valence-corrected chi connectivity index (χ0v) is 42.3. The van der Waals surface area contributed by atoms with E-state index in [1.54, 1.807) is 0 Å². The zero-order chi connectivity index (χ0) is 49.2. The standard InChI is InChI=1S/C53H93O13P/c1-3-5-7-9-11-13-15-17-19-21-22-23-24-26-27-29-31-33-35-37-39-41-46(54)63-43-45(44-64-67(61,62)66-53-51(59)49(57)48(56)50(58)52(53)60)65-47(55)42-40-38-36-34-32-30-28-25-20-18-16-14-12-10-8-6-4-2/h6,8,12,14,18,20,28,30,34,36,45,48-53,56-60H,3-5,7,9-11,13,15-17,19,21-27,29,31-33,35,37-44H2,1-2H3,(H,61,62)/b8-6-,14-12-,20-18-,30-28-,36-34-. The number of aliphatic hydroxyl groups is 5. The van der Waals surface area contributed by atoms with Gasteiger partial charge in [-0.25, -0.2) is 4.57 Å². The van der Waals surface area contributed by atoms with Gasteiger partial charge in [0.2, 0.25) is 0 Å². The van der Waals surface area contributed by atoms with E-state index in [0.717, 1.165) is 51.4 Å². The number of esters is 2. The van der Waals surface area contributed by atoms with Gasteiger partial charge < -0.3 is 39.9 Å². The third kappa shape index (κ3) is 34.5. The van der Waals surface area contributed by atoms with E-state index >= 15 is 0 Å². The topological polar surface area (TPSA) is 210 Å². The monoisotopic (exact) mass is 969 g/mol. The molecule has 67 heavy (non-hydrogen) atoms. The Kier molecular flexibility index (Phi) is 39.6. The second-order valence-corrected chi connectivity index (χ2v) is 19.4. The van der Waals surface area contributed by atoms with Crippen LogP contribution < -0.4 is 0 Å². The van der Waals surface area contributed by atoms with Gasteiger partial charge in [0, 0.05) is 12.8 Å². The van der Waals surface area contributed by atoms with Gasteiger partial charge in [-0.15, -0.1) is 0 Å². The SMILES string of the molecule is CC/C=C\C/C=C\C/C=C\C/C=C\C/C=C\CCCC(=O)OC(COC(=O)CCCCCCCCCCCCCCCCCCCCCCC)COP(=O)(O)OC1C(O)C(O)C(O)C(O)C1O. The van der Waals surface area contributed by atoms with E-state index in [0.29, 0.717) is 19.3 Å². The molecule has 0 aliphatic heterocycles. The molecule has 0 bridgehead atoms. The van der Waals surface area contributed by atoms with Gasteiger partial charge in [0.1, 0.15) is 43.2 Å². The number of hydrogen-bond acceptors (Lipinski definition) is 12. The first-order valence-electron chi connectivity index (χ1n) is 26.1. The molecule has 1 aliphatic rings. The summed E-state index contributed by atoms with van der Waals surface area (Å²) < 4.78 is 33.6. The van der Waals surface area contributed by atoms with E-state index in [1.807, 2.05) is 12.2 Å². The molecule has 0 aromatic rings. The Morgan fingerprint density at radius 2 is 0.851 bits per heavy atom. The van der Waals surface area contributed by atoms with Crippen molar-refractivity contribution < 1.29 is 63.1 Å². The van der Waals surface area contributed by atoms with E-state index in [-0.39, 0.29) is 12.8 Å². The lowest BCUT2D eigenvalue weighted by Crippen LogP contribution is -2.64. The fourth-order valence-electron chi connectivity index (χ4n) is 7.74. The number of carbonyl (C=O) groups is 2. The lowest BCUT2D eigenvalue weighted by molar-refractivity contribution is -0.220. The summed E-state index contributed by atoms with van der Waals surface area (Å²) in [7, 11) is -5.14. The number of aliphatic hydroxyl groups excluding tert-OH is 5. The average Bonchev–Trinajstić information content (AvgIpc) is 3.31. The third-order valence-corrected chi connectivity index (χ3v) is 12.9. The minimum absolute atomic E-state index is 0.0179. The van der Waals surface area contributed by atoms with Gasteiger partial charge in [-0.3, -0.25) is 18.6 Å². The Hall–Kier alpha value is -2.45. The van der Waals surface area contributed by atoms with Crippen molar-refractivity contribution in [3.05, 3.63) is 60.8 Å². The normalized spacial score (nSPS) is 21.6. The smallest absolute Gasteiger partial charge is 0.462 e. The van der Waals surface area contributed by atoms with Crippen LogP contribution in [0.4, 0.5) is 0 Å². The summed E-state index contributed by atoms with van der Waals surface area (Å²) in [6, 6.07) is 0. The number of allylic oxidation sites excluding steroid dienone is 10. The summed E-state index contributed by atoms with van der Waals surface area (Å²) in [4.78, 5) is 35.8. The lowest BCUT2D eigenvalue weighted by Gasteiger charge is -2.41. The first-order chi connectivity index (χ1) is 32.4. The van der Waals surface area contributed by atoms with E-state index in [4.69, 9.17) is 18.5 Å². The van der Waals surface area contributed by atoms with Crippen molar-refractivity contribution in [2.75, 3.05) is 13.2 Å². The summed E-state index contributed by atoms with van der Waals surface area (Å²) in [5.74, 6) is -1.16. The van der Waals surface area contributed by atoms with Crippen molar-refractivity contribution in [3.8, 4) is 0 Å². The second-order valence-electron chi connectivity index (χ2n) is 18.0. The number of ether oxygens (including phenoxy) is 2. The molecule has 0 aromatic heterocycles. The van der Waals surface area contributed by atoms with Gasteiger partial charge in [0.15, 0.2) is 6.10 Å². The van der Waals surface area contributed by atoms with E-state index in [1.165, 1.54) is 109 Å². The van der Waals surface area contributed by atoms with E-state index in [2.05, 4.69) is 62.5 Å². The predicted molar refractivity (Wildman–Crippen MR) is 267 cm³/mol. The molecule has 1 aliphatic carbocycles. The van der Waals surface area contributed by atoms with Gasteiger partial charge in [-0.2, -0.15) is 0 Å². The van der Waals surface area contributed by atoms with E-state index < -0.39 is 75.7 Å². The van der Waals surface area contributed by atoms with Crippen molar-refractivity contribution >= 4 is 19.8 Å². The number of phosphoric ester groups is 1. The number of hydrogen-bond donors (Lipinski definition) is 6.